The molecule has 0 aromatic carbocycles. The summed E-state index contributed by atoms with van der Waals surface area (Å²) in [5.41, 5.74) is -0.162. The van der Waals surface area contributed by atoms with Gasteiger partial charge in [-0.2, -0.15) is 0 Å². The summed E-state index contributed by atoms with van der Waals surface area (Å²) in [6, 6.07) is 0. The van der Waals surface area contributed by atoms with E-state index in [1.165, 1.54) is 0 Å². The fourth-order valence-electron chi connectivity index (χ4n) is 1.68. The Kier molecular flexibility index (Phi) is 2.57. The quantitative estimate of drug-likeness (QED) is 0.492. The molecule has 0 saturated carbocycles. The van der Waals surface area contributed by atoms with Crippen LogP contribution in [-0.4, -0.2) is 24.4 Å². The van der Waals surface area contributed by atoms with E-state index in [9.17, 15) is 0 Å². The van der Waals surface area contributed by atoms with Gasteiger partial charge < -0.3 is 9.47 Å². The second kappa shape index (κ2) is 3.71. The average Bonchev–Trinajstić information content (AvgIpc) is 2.94. The maximum absolute atomic E-state index is 5.70. The zero-order valence-electron chi connectivity index (χ0n) is 8.48. The minimum atomic E-state index is -0.162. The second-order valence-corrected chi connectivity index (χ2v) is 3.73. The van der Waals surface area contributed by atoms with Crippen molar-refractivity contribution in [1.29, 1.82) is 0 Å². The summed E-state index contributed by atoms with van der Waals surface area (Å²) in [5.74, 6) is 0. The minimum Gasteiger partial charge on any atom is -0.371 e. The lowest BCUT2D eigenvalue weighted by Crippen LogP contribution is -2.24. The van der Waals surface area contributed by atoms with E-state index in [2.05, 4.69) is 25.7 Å². The molecular weight excluding hydrogens is 176 g/mol. The van der Waals surface area contributed by atoms with E-state index in [4.69, 9.17) is 9.47 Å². The van der Waals surface area contributed by atoms with Gasteiger partial charge in [-0.05, 0) is 12.5 Å². The van der Waals surface area contributed by atoms with Crippen molar-refractivity contribution in [1.82, 2.24) is 0 Å². The maximum Gasteiger partial charge on any atom is 0.140 e. The van der Waals surface area contributed by atoms with Crippen molar-refractivity contribution in [3.05, 3.63) is 37.0 Å². The first-order chi connectivity index (χ1) is 6.80. The van der Waals surface area contributed by atoms with Gasteiger partial charge in [0.25, 0.3) is 0 Å². The Hall–Kier alpha value is -0.860. The van der Waals surface area contributed by atoms with Crippen molar-refractivity contribution >= 4 is 0 Å². The first kappa shape index (κ1) is 9.69. The normalized spacial score (nSPS) is 35.1. The van der Waals surface area contributed by atoms with Crippen LogP contribution in [0.15, 0.2) is 37.0 Å². The zero-order chi connectivity index (χ0) is 10.0. The standard InChI is InChI=1S/C12H16O2/c1-3-10(4-2)13-9-12-8-6-5-7-11(12)14-12/h3,5-8,10-11H,1,4,9H2,2H3/t10-,11-,12?/m1/s1. The Morgan fingerprint density at radius 3 is 3.14 bits per heavy atom. The molecule has 0 radical (unpaired) electrons. The summed E-state index contributed by atoms with van der Waals surface area (Å²) in [6.45, 7) is 6.45. The molecule has 1 aliphatic carbocycles. The van der Waals surface area contributed by atoms with E-state index in [0.717, 1.165) is 6.42 Å². The van der Waals surface area contributed by atoms with Crippen LogP contribution in [0.25, 0.3) is 0 Å². The lowest BCUT2D eigenvalue weighted by Gasteiger charge is -2.15. The Morgan fingerprint density at radius 1 is 1.64 bits per heavy atom. The first-order valence-corrected chi connectivity index (χ1v) is 5.09. The van der Waals surface area contributed by atoms with Gasteiger partial charge in [0, 0.05) is 0 Å². The number of epoxide rings is 1. The van der Waals surface area contributed by atoms with Crippen LogP contribution in [0.2, 0.25) is 0 Å². The molecule has 2 nitrogen and oxygen atoms in total. The molecule has 2 rings (SSSR count). The lowest BCUT2D eigenvalue weighted by atomic mass is 10.0. The number of fused-ring (bicyclic) bond motifs is 1. The monoisotopic (exact) mass is 192 g/mol. The van der Waals surface area contributed by atoms with Gasteiger partial charge in [0.2, 0.25) is 0 Å². The summed E-state index contributed by atoms with van der Waals surface area (Å²) in [6.07, 6.45) is 11.4. The predicted octanol–water partition coefficient (Wildman–Crippen LogP) is 2.23. The van der Waals surface area contributed by atoms with Crippen molar-refractivity contribution < 1.29 is 9.47 Å². The Balaban J connectivity index is 1.85. The van der Waals surface area contributed by atoms with Crippen LogP contribution in [0.5, 0.6) is 0 Å². The number of hydrogen-bond donors (Lipinski definition) is 0. The van der Waals surface area contributed by atoms with E-state index >= 15 is 0 Å². The van der Waals surface area contributed by atoms with E-state index in [1.54, 1.807) is 0 Å². The molecule has 0 aromatic heterocycles. The second-order valence-electron chi connectivity index (χ2n) is 3.73. The SMILES string of the molecule is C=C[C@H](CC)OCC12C=CC=C[C@H]1O2. The van der Waals surface area contributed by atoms with E-state index in [-0.39, 0.29) is 17.8 Å². The Morgan fingerprint density at radius 2 is 2.50 bits per heavy atom. The van der Waals surface area contributed by atoms with Crippen LogP contribution in [0.4, 0.5) is 0 Å². The third-order valence-electron chi connectivity index (χ3n) is 2.73. The van der Waals surface area contributed by atoms with Crippen LogP contribution in [0, 0.1) is 0 Å². The van der Waals surface area contributed by atoms with Crippen LogP contribution in [-0.2, 0) is 9.47 Å². The van der Waals surface area contributed by atoms with Gasteiger partial charge in [0.1, 0.15) is 11.7 Å². The molecule has 1 aliphatic heterocycles. The van der Waals surface area contributed by atoms with Gasteiger partial charge in [-0.15, -0.1) is 6.58 Å². The molecule has 76 valence electrons. The summed E-state index contributed by atoms with van der Waals surface area (Å²) in [7, 11) is 0. The van der Waals surface area contributed by atoms with E-state index in [0.29, 0.717) is 6.61 Å². The molecule has 3 atom stereocenters. The Bertz CT molecular complexity index is 280. The van der Waals surface area contributed by atoms with Gasteiger partial charge in [-0.1, -0.05) is 31.2 Å². The molecule has 0 aromatic rings. The highest BCUT2D eigenvalue weighted by atomic mass is 16.6. The fraction of sp³-hybridized carbons (Fsp3) is 0.500. The highest BCUT2D eigenvalue weighted by Crippen LogP contribution is 2.41. The summed E-state index contributed by atoms with van der Waals surface area (Å²) in [4.78, 5) is 0. The van der Waals surface area contributed by atoms with Crippen molar-refractivity contribution in [2.45, 2.75) is 31.2 Å². The van der Waals surface area contributed by atoms with Crippen LogP contribution < -0.4 is 0 Å². The van der Waals surface area contributed by atoms with Gasteiger partial charge in [-0.3, -0.25) is 0 Å². The molecule has 0 spiro atoms. The molecule has 2 heteroatoms. The fourth-order valence-corrected chi connectivity index (χ4v) is 1.68. The molecule has 1 heterocycles. The van der Waals surface area contributed by atoms with Gasteiger partial charge in [-0.25, -0.2) is 0 Å². The summed E-state index contributed by atoms with van der Waals surface area (Å²) in [5, 5.41) is 0. The molecule has 0 amide bonds. The molecule has 1 saturated heterocycles. The summed E-state index contributed by atoms with van der Waals surface area (Å²) >= 11 is 0. The average molecular weight is 192 g/mol. The number of hydrogen-bond acceptors (Lipinski definition) is 2. The van der Waals surface area contributed by atoms with Gasteiger partial charge in [0.15, 0.2) is 0 Å². The van der Waals surface area contributed by atoms with Crippen molar-refractivity contribution in [3.63, 3.8) is 0 Å². The number of rotatable bonds is 5. The van der Waals surface area contributed by atoms with Gasteiger partial charge >= 0.3 is 0 Å². The smallest absolute Gasteiger partial charge is 0.140 e. The highest BCUT2D eigenvalue weighted by Gasteiger charge is 2.54. The molecule has 0 bridgehead atoms. The molecule has 1 unspecified atom stereocenters. The first-order valence-electron chi connectivity index (χ1n) is 5.09. The molecule has 1 fully saturated rings. The third-order valence-corrected chi connectivity index (χ3v) is 2.73. The lowest BCUT2D eigenvalue weighted by molar-refractivity contribution is 0.0532. The third kappa shape index (κ3) is 1.68. The van der Waals surface area contributed by atoms with Gasteiger partial charge in [0.05, 0.1) is 12.7 Å². The van der Waals surface area contributed by atoms with Crippen LogP contribution in [0.3, 0.4) is 0 Å². The molecule has 2 aliphatic rings. The van der Waals surface area contributed by atoms with E-state index < -0.39 is 0 Å². The summed E-state index contributed by atoms with van der Waals surface area (Å²) < 4.78 is 11.3. The molecule has 0 N–H and O–H groups in total. The Labute approximate surface area is 84.9 Å². The van der Waals surface area contributed by atoms with Crippen molar-refractivity contribution in [2.24, 2.45) is 0 Å². The van der Waals surface area contributed by atoms with E-state index in [1.807, 2.05) is 18.2 Å². The highest BCUT2D eigenvalue weighted by molar-refractivity contribution is 5.31. The van der Waals surface area contributed by atoms with Crippen LogP contribution >= 0.6 is 0 Å². The predicted molar refractivity (Wildman–Crippen MR) is 56.1 cm³/mol. The maximum atomic E-state index is 5.70. The topological polar surface area (TPSA) is 21.8 Å². The largest absolute Gasteiger partial charge is 0.371 e. The molecular formula is C12H16O2. The molecule has 14 heavy (non-hydrogen) atoms. The van der Waals surface area contributed by atoms with Crippen molar-refractivity contribution in [3.8, 4) is 0 Å². The number of ether oxygens (including phenoxy) is 2. The number of allylic oxidation sites excluding steroid dienone is 2. The zero-order valence-corrected chi connectivity index (χ0v) is 8.48. The minimum absolute atomic E-state index is 0.147. The van der Waals surface area contributed by atoms with Crippen molar-refractivity contribution in [2.75, 3.05) is 6.61 Å². The van der Waals surface area contributed by atoms with Crippen LogP contribution in [0.1, 0.15) is 13.3 Å².